The van der Waals surface area contributed by atoms with Gasteiger partial charge < -0.3 is 9.64 Å². The fraction of sp³-hybridized carbons (Fsp3) is 0.692. The van der Waals surface area contributed by atoms with Crippen molar-refractivity contribution >= 4 is 11.9 Å². The second kappa shape index (κ2) is 4.90. The molecule has 0 aromatic carbocycles. The predicted molar refractivity (Wildman–Crippen MR) is 63.2 cm³/mol. The van der Waals surface area contributed by atoms with Gasteiger partial charge in [0.25, 0.3) is 0 Å². The van der Waals surface area contributed by atoms with Gasteiger partial charge in [-0.05, 0) is 31.8 Å². The zero-order valence-electron chi connectivity index (χ0n) is 10.4. The normalized spacial score (nSPS) is 26.0. The smallest absolute Gasteiger partial charge is 0.312 e. The SMILES string of the molecule is COC(=O)C(C)C1=CCCCN2C(=O)CC[C@@H]12. The molecule has 0 radical (unpaired) electrons. The van der Waals surface area contributed by atoms with Gasteiger partial charge >= 0.3 is 5.97 Å². The lowest BCUT2D eigenvalue weighted by Gasteiger charge is -2.27. The number of rotatable bonds is 2. The Labute approximate surface area is 102 Å². The molecule has 0 saturated carbocycles. The number of amides is 1. The zero-order chi connectivity index (χ0) is 12.4. The highest BCUT2D eigenvalue weighted by atomic mass is 16.5. The maximum atomic E-state index is 11.8. The van der Waals surface area contributed by atoms with Crippen LogP contribution in [0.3, 0.4) is 0 Å². The van der Waals surface area contributed by atoms with Crippen molar-refractivity contribution in [1.29, 1.82) is 0 Å². The van der Waals surface area contributed by atoms with Crippen molar-refractivity contribution in [3.63, 3.8) is 0 Å². The lowest BCUT2D eigenvalue weighted by molar-refractivity contribution is -0.144. The van der Waals surface area contributed by atoms with Gasteiger partial charge in [0.15, 0.2) is 0 Å². The lowest BCUT2D eigenvalue weighted by Crippen LogP contribution is -2.36. The molecule has 0 spiro atoms. The molecule has 2 rings (SSSR count). The summed E-state index contributed by atoms with van der Waals surface area (Å²) in [5.74, 6) is -0.228. The molecule has 2 aliphatic heterocycles. The Morgan fingerprint density at radius 3 is 3.06 bits per heavy atom. The highest BCUT2D eigenvalue weighted by Gasteiger charge is 2.37. The molecule has 0 aromatic rings. The van der Waals surface area contributed by atoms with Crippen LogP contribution in [0.2, 0.25) is 0 Å². The Morgan fingerprint density at radius 1 is 1.59 bits per heavy atom. The molecule has 2 aliphatic rings. The Morgan fingerprint density at radius 2 is 2.35 bits per heavy atom. The highest BCUT2D eigenvalue weighted by molar-refractivity contribution is 5.81. The molecule has 1 amide bonds. The van der Waals surface area contributed by atoms with Gasteiger partial charge in [-0.15, -0.1) is 0 Å². The van der Waals surface area contributed by atoms with E-state index in [1.807, 2.05) is 11.8 Å². The van der Waals surface area contributed by atoms with Crippen LogP contribution in [0.25, 0.3) is 0 Å². The zero-order valence-corrected chi connectivity index (χ0v) is 10.4. The van der Waals surface area contributed by atoms with Crippen LogP contribution in [-0.2, 0) is 14.3 Å². The van der Waals surface area contributed by atoms with E-state index in [1.54, 1.807) is 0 Å². The number of allylic oxidation sites excluding steroid dienone is 1. The van der Waals surface area contributed by atoms with Crippen LogP contribution in [0, 0.1) is 5.92 Å². The first-order valence-electron chi connectivity index (χ1n) is 6.22. The van der Waals surface area contributed by atoms with Crippen LogP contribution < -0.4 is 0 Å². The van der Waals surface area contributed by atoms with Gasteiger partial charge in [-0.3, -0.25) is 9.59 Å². The number of methoxy groups -OCH3 is 1. The predicted octanol–water partition coefficient (Wildman–Crippen LogP) is 1.51. The van der Waals surface area contributed by atoms with Gasteiger partial charge in [-0.2, -0.15) is 0 Å². The molecule has 1 fully saturated rings. The van der Waals surface area contributed by atoms with Crippen LogP contribution in [0.5, 0.6) is 0 Å². The summed E-state index contributed by atoms with van der Waals surface area (Å²) in [6.07, 6.45) is 5.50. The number of fused-ring (bicyclic) bond motifs is 1. The second-order valence-corrected chi connectivity index (χ2v) is 4.73. The summed E-state index contributed by atoms with van der Waals surface area (Å²) in [5, 5.41) is 0. The molecule has 17 heavy (non-hydrogen) atoms. The van der Waals surface area contributed by atoms with Crippen LogP contribution >= 0.6 is 0 Å². The van der Waals surface area contributed by atoms with Gasteiger partial charge in [0.2, 0.25) is 5.91 Å². The molecule has 0 aliphatic carbocycles. The molecule has 2 atom stereocenters. The molecule has 94 valence electrons. The van der Waals surface area contributed by atoms with E-state index < -0.39 is 0 Å². The molecule has 1 saturated heterocycles. The number of hydrogen-bond acceptors (Lipinski definition) is 3. The van der Waals surface area contributed by atoms with Crippen molar-refractivity contribution in [1.82, 2.24) is 4.90 Å². The van der Waals surface area contributed by atoms with Gasteiger partial charge in [0.05, 0.1) is 19.1 Å². The van der Waals surface area contributed by atoms with Crippen LogP contribution in [-0.4, -0.2) is 36.5 Å². The maximum Gasteiger partial charge on any atom is 0.312 e. The quantitative estimate of drug-likeness (QED) is 0.540. The third kappa shape index (κ3) is 2.21. The van der Waals surface area contributed by atoms with E-state index in [1.165, 1.54) is 7.11 Å². The summed E-state index contributed by atoms with van der Waals surface area (Å²) >= 11 is 0. The Kier molecular flexibility index (Phi) is 3.50. The van der Waals surface area contributed by atoms with Crippen molar-refractivity contribution in [3.05, 3.63) is 11.6 Å². The molecule has 0 aromatic heterocycles. The molecule has 0 bridgehead atoms. The van der Waals surface area contributed by atoms with E-state index in [-0.39, 0.29) is 23.8 Å². The highest BCUT2D eigenvalue weighted by Crippen LogP contribution is 2.32. The Balaban J connectivity index is 2.22. The summed E-state index contributed by atoms with van der Waals surface area (Å²) in [6.45, 7) is 2.68. The van der Waals surface area contributed by atoms with Crippen LogP contribution in [0.4, 0.5) is 0 Å². The van der Waals surface area contributed by atoms with Gasteiger partial charge in [-0.1, -0.05) is 6.08 Å². The number of esters is 1. The van der Waals surface area contributed by atoms with Gasteiger partial charge in [0, 0.05) is 13.0 Å². The monoisotopic (exact) mass is 237 g/mol. The summed E-state index contributed by atoms with van der Waals surface area (Å²) in [7, 11) is 1.41. The standard InChI is InChI=1S/C13H19NO3/c1-9(13(16)17-2)10-5-3-4-8-14-11(10)6-7-12(14)15/h5,9,11H,3-4,6-8H2,1-2H3/t9?,11-/m0/s1. The van der Waals surface area contributed by atoms with Crippen LogP contribution in [0.1, 0.15) is 32.6 Å². The Hall–Kier alpha value is -1.32. The molecule has 1 unspecified atom stereocenters. The minimum atomic E-state index is -0.239. The third-order valence-corrected chi connectivity index (χ3v) is 3.75. The van der Waals surface area contributed by atoms with Crippen molar-refractivity contribution in [2.24, 2.45) is 5.92 Å². The first-order valence-corrected chi connectivity index (χ1v) is 6.22. The first kappa shape index (κ1) is 12.1. The van der Waals surface area contributed by atoms with Gasteiger partial charge in [0.1, 0.15) is 0 Å². The number of ether oxygens (including phenoxy) is 1. The number of hydrogen-bond donors (Lipinski definition) is 0. The number of carbonyl (C=O) groups excluding carboxylic acids is 2. The molecule has 2 heterocycles. The molecule has 4 heteroatoms. The summed E-state index contributed by atoms with van der Waals surface area (Å²) in [6, 6.07) is 0.124. The molecule has 0 N–H and O–H groups in total. The molecular formula is C13H19NO3. The summed E-state index contributed by atoms with van der Waals surface area (Å²) in [5.41, 5.74) is 1.07. The van der Waals surface area contributed by atoms with Crippen molar-refractivity contribution < 1.29 is 14.3 Å². The first-order chi connectivity index (χ1) is 8.15. The lowest BCUT2D eigenvalue weighted by atomic mass is 9.92. The van der Waals surface area contributed by atoms with E-state index in [4.69, 9.17) is 4.74 Å². The average molecular weight is 237 g/mol. The van der Waals surface area contributed by atoms with Crippen molar-refractivity contribution in [2.45, 2.75) is 38.6 Å². The maximum absolute atomic E-state index is 11.8. The van der Waals surface area contributed by atoms with Crippen molar-refractivity contribution in [2.75, 3.05) is 13.7 Å². The van der Waals surface area contributed by atoms with E-state index in [0.29, 0.717) is 6.42 Å². The number of nitrogens with zero attached hydrogens (tertiary/aromatic N) is 1. The Bertz CT molecular complexity index is 362. The largest absolute Gasteiger partial charge is 0.469 e. The number of carbonyl (C=O) groups is 2. The van der Waals surface area contributed by atoms with E-state index in [0.717, 1.165) is 31.4 Å². The molecular weight excluding hydrogens is 218 g/mol. The topological polar surface area (TPSA) is 46.6 Å². The van der Waals surface area contributed by atoms with E-state index in [9.17, 15) is 9.59 Å². The van der Waals surface area contributed by atoms with E-state index >= 15 is 0 Å². The summed E-state index contributed by atoms with van der Waals surface area (Å²) in [4.78, 5) is 25.3. The molecule has 4 nitrogen and oxygen atoms in total. The minimum absolute atomic E-state index is 0.124. The summed E-state index contributed by atoms with van der Waals surface area (Å²) < 4.78 is 4.80. The fourth-order valence-electron chi connectivity index (χ4n) is 2.81. The van der Waals surface area contributed by atoms with Crippen molar-refractivity contribution in [3.8, 4) is 0 Å². The van der Waals surface area contributed by atoms with Crippen LogP contribution in [0.15, 0.2) is 11.6 Å². The second-order valence-electron chi connectivity index (χ2n) is 4.73. The van der Waals surface area contributed by atoms with Gasteiger partial charge in [-0.25, -0.2) is 0 Å². The van der Waals surface area contributed by atoms with E-state index in [2.05, 4.69) is 6.08 Å². The third-order valence-electron chi connectivity index (χ3n) is 3.75. The fourth-order valence-corrected chi connectivity index (χ4v) is 2.81. The minimum Gasteiger partial charge on any atom is -0.469 e. The average Bonchev–Trinajstić information content (AvgIpc) is 2.59.